The molecule has 2 aromatic heterocycles. The summed E-state index contributed by atoms with van der Waals surface area (Å²) in [6.45, 7) is 3.77. The molecule has 0 saturated carbocycles. The molecule has 2 aliphatic rings. The predicted molar refractivity (Wildman–Crippen MR) is 128 cm³/mol. The maximum absolute atomic E-state index is 13.3. The predicted octanol–water partition coefficient (Wildman–Crippen LogP) is 4.02. The largest absolute Gasteiger partial charge is 0.456 e. The number of aryl methyl sites for hydroxylation is 2. The zero-order valence-corrected chi connectivity index (χ0v) is 20.5. The van der Waals surface area contributed by atoms with Crippen LogP contribution in [0.25, 0.3) is 11.1 Å². The van der Waals surface area contributed by atoms with Crippen LogP contribution in [0.5, 0.6) is 0 Å². The summed E-state index contributed by atoms with van der Waals surface area (Å²) in [6.07, 6.45) is -0.0420. The van der Waals surface area contributed by atoms with Crippen LogP contribution >= 0.6 is 0 Å². The third-order valence-corrected chi connectivity index (χ3v) is 7.70. The van der Waals surface area contributed by atoms with Gasteiger partial charge in [-0.25, -0.2) is 0 Å². The molecule has 1 spiro atoms. The van der Waals surface area contributed by atoms with E-state index in [9.17, 15) is 22.8 Å². The average Bonchev–Trinajstić information content (AvgIpc) is 3.47. The highest BCUT2D eigenvalue weighted by Gasteiger charge is 2.47. The second-order valence-corrected chi connectivity index (χ2v) is 9.76. The molecule has 1 saturated heterocycles. The number of fused-ring (bicyclic) bond motifs is 2. The maximum Gasteiger partial charge on any atom is 0.456 e. The number of rotatable bonds is 3. The van der Waals surface area contributed by atoms with Crippen LogP contribution in [-0.2, 0) is 19.1 Å². The Hall–Kier alpha value is -3.40. The van der Waals surface area contributed by atoms with Gasteiger partial charge in [-0.05, 0) is 62.2 Å². The van der Waals surface area contributed by atoms with Gasteiger partial charge in [0.1, 0.15) is 0 Å². The quantitative estimate of drug-likeness (QED) is 0.511. The molecule has 190 valence electrons. The van der Waals surface area contributed by atoms with Crippen LogP contribution in [0.2, 0.25) is 0 Å². The molecular formula is C26H28F3N5O2. The summed E-state index contributed by atoms with van der Waals surface area (Å²) in [5.41, 5.74) is 3.48. The SMILES string of the molecule is Cc1cc(C(=O)N2CCC3(CC2)c2ccc(C(=O)C(F)(F)F)n2CCN3C)ccc1-c1cnn(C)c1. The summed E-state index contributed by atoms with van der Waals surface area (Å²) in [5, 5.41) is 4.21. The number of halogens is 3. The fourth-order valence-electron chi connectivity index (χ4n) is 5.70. The van der Waals surface area contributed by atoms with Crippen LogP contribution in [0, 0.1) is 6.92 Å². The first-order valence-electron chi connectivity index (χ1n) is 11.9. The van der Waals surface area contributed by atoms with Crippen LogP contribution in [0.4, 0.5) is 13.2 Å². The molecule has 10 heteroatoms. The van der Waals surface area contributed by atoms with Crippen molar-refractivity contribution in [1.29, 1.82) is 0 Å². The van der Waals surface area contributed by atoms with E-state index in [1.807, 2.05) is 45.4 Å². The van der Waals surface area contributed by atoms with Gasteiger partial charge in [0, 0.05) is 56.2 Å². The summed E-state index contributed by atoms with van der Waals surface area (Å²) in [5.74, 6) is -1.88. The van der Waals surface area contributed by atoms with Gasteiger partial charge in [0.2, 0.25) is 0 Å². The Morgan fingerprint density at radius 1 is 1.00 bits per heavy atom. The normalized spacial score (nSPS) is 17.9. The number of benzene rings is 1. The Morgan fingerprint density at radius 3 is 2.33 bits per heavy atom. The summed E-state index contributed by atoms with van der Waals surface area (Å²) in [7, 11) is 3.81. The van der Waals surface area contributed by atoms with Gasteiger partial charge in [-0.15, -0.1) is 0 Å². The minimum atomic E-state index is -4.91. The molecule has 0 aliphatic carbocycles. The molecular weight excluding hydrogens is 471 g/mol. The number of carbonyl (C=O) groups excluding carboxylic acids is 2. The first-order valence-corrected chi connectivity index (χ1v) is 11.9. The Morgan fingerprint density at radius 2 is 1.72 bits per heavy atom. The number of alkyl halides is 3. The Bertz CT molecular complexity index is 1330. The molecule has 7 nitrogen and oxygen atoms in total. The first kappa shape index (κ1) is 24.3. The van der Waals surface area contributed by atoms with Crippen molar-refractivity contribution in [2.75, 3.05) is 26.7 Å². The van der Waals surface area contributed by atoms with Gasteiger partial charge in [0.15, 0.2) is 0 Å². The second kappa shape index (κ2) is 8.62. The zero-order valence-electron chi connectivity index (χ0n) is 20.5. The Balaban J connectivity index is 1.35. The number of piperidine rings is 1. The zero-order chi connectivity index (χ0) is 25.8. The third kappa shape index (κ3) is 3.93. The number of hydrogen-bond donors (Lipinski definition) is 0. The standard InChI is InChI=1S/C26H28F3N5O2/c1-17-14-18(4-5-20(17)19-15-30-32(3)16-19)24(36)33-10-8-25(9-11-33)22-7-6-21(23(35)26(27,28)29)34(22)13-12-31(25)2/h4-7,14-16H,8-13H2,1-3H3. The van der Waals surface area contributed by atoms with Crippen molar-refractivity contribution in [1.82, 2.24) is 24.1 Å². The van der Waals surface area contributed by atoms with Crippen LogP contribution < -0.4 is 0 Å². The molecule has 36 heavy (non-hydrogen) atoms. The monoisotopic (exact) mass is 499 g/mol. The van der Waals surface area contributed by atoms with E-state index >= 15 is 0 Å². The fraction of sp³-hybridized carbons (Fsp3) is 0.423. The van der Waals surface area contributed by atoms with Crippen LogP contribution in [0.15, 0.2) is 42.7 Å². The lowest BCUT2D eigenvalue weighted by Gasteiger charge is -2.50. The smallest absolute Gasteiger partial charge is 0.339 e. The Labute approximate surface area is 207 Å². The number of aromatic nitrogens is 3. The van der Waals surface area contributed by atoms with Gasteiger partial charge in [0.25, 0.3) is 11.7 Å². The lowest BCUT2D eigenvalue weighted by molar-refractivity contribution is -0.0892. The van der Waals surface area contributed by atoms with E-state index in [0.29, 0.717) is 50.3 Å². The molecule has 0 radical (unpaired) electrons. The number of amides is 1. The van der Waals surface area contributed by atoms with Gasteiger partial charge in [-0.3, -0.25) is 19.2 Å². The minimum absolute atomic E-state index is 0.0625. The van der Waals surface area contributed by atoms with E-state index in [-0.39, 0.29) is 11.6 Å². The highest BCUT2D eigenvalue weighted by Crippen LogP contribution is 2.42. The van der Waals surface area contributed by atoms with Crippen molar-refractivity contribution in [3.63, 3.8) is 0 Å². The second-order valence-electron chi connectivity index (χ2n) is 9.76. The molecule has 1 amide bonds. The maximum atomic E-state index is 13.3. The van der Waals surface area contributed by atoms with E-state index in [2.05, 4.69) is 10.00 Å². The van der Waals surface area contributed by atoms with Crippen molar-refractivity contribution in [2.45, 2.75) is 38.0 Å². The van der Waals surface area contributed by atoms with E-state index in [0.717, 1.165) is 16.7 Å². The number of ketones is 1. The van der Waals surface area contributed by atoms with E-state index in [1.165, 1.54) is 10.6 Å². The van der Waals surface area contributed by atoms with Crippen LogP contribution in [-0.4, -0.2) is 68.7 Å². The fourth-order valence-corrected chi connectivity index (χ4v) is 5.70. The molecule has 0 bridgehead atoms. The molecule has 0 unspecified atom stereocenters. The summed E-state index contributed by atoms with van der Waals surface area (Å²) < 4.78 is 42.6. The van der Waals surface area contributed by atoms with Crippen molar-refractivity contribution >= 4 is 11.7 Å². The number of Topliss-reactive ketones (excluding diaryl/α,β-unsaturated/α-hetero) is 1. The van der Waals surface area contributed by atoms with Gasteiger partial charge >= 0.3 is 6.18 Å². The topological polar surface area (TPSA) is 63.4 Å². The number of hydrogen-bond acceptors (Lipinski definition) is 4. The van der Waals surface area contributed by atoms with Crippen LogP contribution in [0.3, 0.4) is 0 Å². The molecule has 1 aromatic carbocycles. The van der Waals surface area contributed by atoms with Gasteiger partial charge in [-0.2, -0.15) is 18.3 Å². The molecule has 1 fully saturated rings. The summed E-state index contributed by atoms with van der Waals surface area (Å²) in [6, 6.07) is 8.59. The average molecular weight is 500 g/mol. The lowest BCUT2D eigenvalue weighted by atomic mass is 9.81. The van der Waals surface area contributed by atoms with Gasteiger partial charge in [0.05, 0.1) is 17.4 Å². The molecule has 4 heterocycles. The molecule has 3 aromatic rings. The number of nitrogens with zero attached hydrogens (tertiary/aromatic N) is 5. The van der Waals surface area contributed by atoms with E-state index < -0.39 is 17.5 Å². The van der Waals surface area contributed by atoms with Crippen molar-refractivity contribution < 1.29 is 22.8 Å². The minimum Gasteiger partial charge on any atom is -0.339 e. The lowest BCUT2D eigenvalue weighted by Crippen LogP contribution is -2.56. The van der Waals surface area contributed by atoms with Gasteiger partial charge < -0.3 is 9.47 Å². The highest BCUT2D eigenvalue weighted by molar-refractivity contribution is 5.99. The van der Waals surface area contributed by atoms with Crippen molar-refractivity contribution in [3.8, 4) is 11.1 Å². The van der Waals surface area contributed by atoms with E-state index in [4.69, 9.17) is 0 Å². The van der Waals surface area contributed by atoms with Gasteiger partial charge in [-0.1, -0.05) is 6.07 Å². The highest BCUT2D eigenvalue weighted by atomic mass is 19.4. The van der Waals surface area contributed by atoms with Crippen molar-refractivity contribution in [2.24, 2.45) is 7.05 Å². The van der Waals surface area contributed by atoms with Crippen LogP contribution in [0.1, 0.15) is 44.9 Å². The molecule has 0 atom stereocenters. The number of carbonyl (C=O) groups is 2. The van der Waals surface area contributed by atoms with E-state index in [1.54, 1.807) is 21.8 Å². The van der Waals surface area contributed by atoms with Crippen molar-refractivity contribution in [3.05, 3.63) is 65.2 Å². The first-order chi connectivity index (χ1) is 17.0. The summed E-state index contributed by atoms with van der Waals surface area (Å²) in [4.78, 5) is 29.3. The third-order valence-electron chi connectivity index (χ3n) is 7.70. The molecule has 5 rings (SSSR count). The summed E-state index contributed by atoms with van der Waals surface area (Å²) >= 11 is 0. The Kier molecular flexibility index (Phi) is 5.82. The molecule has 0 N–H and O–H groups in total. The number of likely N-dealkylation sites (N-methyl/N-ethyl adjacent to an activating group) is 1. The number of likely N-dealkylation sites (tertiary alicyclic amines) is 1. The molecule has 2 aliphatic heterocycles.